The lowest BCUT2D eigenvalue weighted by molar-refractivity contribution is -0.137. The summed E-state index contributed by atoms with van der Waals surface area (Å²) in [5.41, 5.74) is 0. The number of thioether (sulfide) groups is 1. The Labute approximate surface area is 162 Å². The number of amides is 1. The molecule has 0 spiro atoms. The molecule has 1 amide bonds. The van der Waals surface area contributed by atoms with Crippen molar-refractivity contribution in [3.05, 3.63) is 29.3 Å². The van der Waals surface area contributed by atoms with Crippen molar-refractivity contribution in [2.24, 2.45) is 0 Å². The number of benzene rings is 1. The Morgan fingerprint density at radius 2 is 1.77 bits per heavy atom. The van der Waals surface area contributed by atoms with E-state index in [1.165, 1.54) is 35.3 Å². The SMILES string of the molecule is COC(=O)CSCCC(=O)N1CCN(S(=O)(=O)c2ccc(Cl)cc2)CC1. The van der Waals surface area contributed by atoms with Crippen LogP contribution >= 0.6 is 23.4 Å². The molecule has 0 aromatic heterocycles. The molecule has 1 aliphatic heterocycles. The third kappa shape index (κ3) is 5.60. The number of carbonyl (C=O) groups excluding carboxylic acids is 2. The number of carbonyl (C=O) groups is 2. The number of piperazine rings is 1. The molecule has 144 valence electrons. The van der Waals surface area contributed by atoms with Crippen molar-refractivity contribution in [3.8, 4) is 0 Å². The molecule has 0 unspecified atom stereocenters. The number of methoxy groups -OCH3 is 1. The predicted molar refractivity (Wildman–Crippen MR) is 101 cm³/mol. The summed E-state index contributed by atoms with van der Waals surface area (Å²) >= 11 is 7.14. The van der Waals surface area contributed by atoms with E-state index in [9.17, 15) is 18.0 Å². The van der Waals surface area contributed by atoms with Crippen molar-refractivity contribution >= 4 is 45.3 Å². The highest BCUT2D eigenvalue weighted by Gasteiger charge is 2.29. The lowest BCUT2D eigenvalue weighted by Gasteiger charge is -2.34. The van der Waals surface area contributed by atoms with E-state index in [1.54, 1.807) is 17.0 Å². The van der Waals surface area contributed by atoms with Gasteiger partial charge in [-0.05, 0) is 24.3 Å². The fourth-order valence-corrected chi connectivity index (χ4v) is 4.76. The number of rotatable bonds is 7. The van der Waals surface area contributed by atoms with Crippen molar-refractivity contribution < 1.29 is 22.7 Å². The smallest absolute Gasteiger partial charge is 0.315 e. The Morgan fingerprint density at radius 3 is 2.35 bits per heavy atom. The van der Waals surface area contributed by atoms with E-state index in [1.807, 2.05) is 0 Å². The maximum Gasteiger partial charge on any atom is 0.315 e. The molecule has 1 aliphatic rings. The minimum atomic E-state index is -3.58. The first-order valence-electron chi connectivity index (χ1n) is 8.02. The highest BCUT2D eigenvalue weighted by Crippen LogP contribution is 2.20. The molecule has 1 heterocycles. The van der Waals surface area contributed by atoms with Crippen LogP contribution in [0.2, 0.25) is 5.02 Å². The van der Waals surface area contributed by atoms with Crippen LogP contribution in [0.5, 0.6) is 0 Å². The van der Waals surface area contributed by atoms with Crippen LogP contribution in [0.15, 0.2) is 29.2 Å². The molecule has 1 aromatic rings. The fourth-order valence-electron chi connectivity index (χ4n) is 2.47. The number of hydrogen-bond acceptors (Lipinski definition) is 6. The molecule has 2 rings (SSSR count). The van der Waals surface area contributed by atoms with Gasteiger partial charge in [-0.3, -0.25) is 9.59 Å². The number of ether oxygens (including phenoxy) is 1. The predicted octanol–water partition coefficient (Wildman–Crippen LogP) is 1.47. The van der Waals surface area contributed by atoms with E-state index in [4.69, 9.17) is 11.6 Å². The highest BCUT2D eigenvalue weighted by molar-refractivity contribution is 7.99. The zero-order valence-corrected chi connectivity index (χ0v) is 16.8. The molecule has 10 heteroatoms. The summed E-state index contributed by atoms with van der Waals surface area (Å²) < 4.78 is 31.1. The van der Waals surface area contributed by atoms with Gasteiger partial charge in [-0.1, -0.05) is 11.6 Å². The fraction of sp³-hybridized carbons (Fsp3) is 0.500. The minimum absolute atomic E-state index is 0.0362. The van der Waals surface area contributed by atoms with E-state index >= 15 is 0 Å². The Kier molecular flexibility index (Phi) is 7.75. The lowest BCUT2D eigenvalue weighted by atomic mass is 10.3. The molecular weight excluding hydrogens is 400 g/mol. The summed E-state index contributed by atoms with van der Waals surface area (Å²) in [6.45, 7) is 1.22. The topological polar surface area (TPSA) is 84.0 Å². The molecular formula is C16H21ClN2O5S2. The van der Waals surface area contributed by atoms with Gasteiger partial charge >= 0.3 is 5.97 Å². The second-order valence-corrected chi connectivity index (χ2v) is 9.10. The monoisotopic (exact) mass is 420 g/mol. The van der Waals surface area contributed by atoms with Crippen molar-refractivity contribution in [1.82, 2.24) is 9.21 Å². The summed E-state index contributed by atoms with van der Waals surface area (Å²) in [5, 5.41) is 0.476. The molecule has 0 atom stereocenters. The van der Waals surface area contributed by atoms with Crippen LogP contribution < -0.4 is 0 Å². The highest BCUT2D eigenvalue weighted by atomic mass is 35.5. The van der Waals surface area contributed by atoms with Crippen LogP contribution in [-0.2, 0) is 24.3 Å². The van der Waals surface area contributed by atoms with Crippen LogP contribution in [0.3, 0.4) is 0 Å². The van der Waals surface area contributed by atoms with Gasteiger partial charge in [0.25, 0.3) is 0 Å². The van der Waals surface area contributed by atoms with E-state index in [0.717, 1.165) is 0 Å². The zero-order chi connectivity index (χ0) is 19.2. The number of hydrogen-bond donors (Lipinski definition) is 0. The second kappa shape index (κ2) is 9.59. The first-order valence-corrected chi connectivity index (χ1v) is 11.0. The summed E-state index contributed by atoms with van der Waals surface area (Å²) in [5.74, 6) is 0.392. The molecule has 1 fully saturated rings. The van der Waals surface area contributed by atoms with Crippen LogP contribution in [0, 0.1) is 0 Å². The molecule has 0 aliphatic carbocycles. The molecule has 7 nitrogen and oxygen atoms in total. The van der Waals surface area contributed by atoms with Crippen LogP contribution in [-0.4, -0.2) is 74.3 Å². The first-order chi connectivity index (χ1) is 12.3. The first kappa shape index (κ1) is 21.0. The van der Waals surface area contributed by atoms with Gasteiger partial charge in [0.1, 0.15) is 0 Å². The molecule has 26 heavy (non-hydrogen) atoms. The molecule has 0 N–H and O–H groups in total. The second-order valence-electron chi connectivity index (χ2n) is 5.62. The minimum Gasteiger partial charge on any atom is -0.468 e. The summed E-state index contributed by atoms with van der Waals surface area (Å²) in [4.78, 5) is 25.1. The van der Waals surface area contributed by atoms with Gasteiger partial charge < -0.3 is 9.64 Å². The summed E-state index contributed by atoms with van der Waals surface area (Å²) in [6.07, 6.45) is 0.311. The van der Waals surface area contributed by atoms with E-state index in [2.05, 4.69) is 4.74 Å². The van der Waals surface area contributed by atoms with Crippen LogP contribution in [0.25, 0.3) is 0 Å². The average Bonchev–Trinajstić information content (AvgIpc) is 2.65. The maximum atomic E-state index is 12.6. The molecule has 0 bridgehead atoms. The Balaban J connectivity index is 1.81. The largest absolute Gasteiger partial charge is 0.468 e. The van der Waals surface area contributed by atoms with Gasteiger partial charge in [0.15, 0.2) is 0 Å². The van der Waals surface area contributed by atoms with Crippen molar-refractivity contribution in [2.45, 2.75) is 11.3 Å². The Bertz CT molecular complexity index is 732. The van der Waals surface area contributed by atoms with Crippen LogP contribution in [0.4, 0.5) is 0 Å². The third-order valence-electron chi connectivity index (χ3n) is 3.95. The van der Waals surface area contributed by atoms with Gasteiger partial charge in [0.2, 0.25) is 15.9 Å². The van der Waals surface area contributed by atoms with Crippen LogP contribution in [0.1, 0.15) is 6.42 Å². The third-order valence-corrected chi connectivity index (χ3v) is 7.05. The molecule has 0 radical (unpaired) electrons. The summed E-state index contributed by atoms with van der Waals surface area (Å²) in [7, 11) is -2.26. The van der Waals surface area contributed by atoms with Crippen molar-refractivity contribution in [3.63, 3.8) is 0 Å². The Hall–Kier alpha value is -1.29. The summed E-state index contributed by atoms with van der Waals surface area (Å²) in [6, 6.07) is 6.04. The van der Waals surface area contributed by atoms with Crippen molar-refractivity contribution in [1.29, 1.82) is 0 Å². The standard InChI is InChI=1S/C16H21ClN2O5S2/c1-24-16(21)12-25-11-6-15(20)18-7-9-19(10-8-18)26(22,23)14-4-2-13(17)3-5-14/h2-5H,6-12H2,1H3. The lowest BCUT2D eigenvalue weighted by Crippen LogP contribution is -2.50. The van der Waals surface area contributed by atoms with Gasteiger partial charge in [0, 0.05) is 43.4 Å². The Morgan fingerprint density at radius 1 is 1.15 bits per heavy atom. The van der Waals surface area contributed by atoms with Gasteiger partial charge in [-0.15, -0.1) is 11.8 Å². The maximum absolute atomic E-state index is 12.6. The number of sulfonamides is 1. The number of halogens is 1. The normalized spacial score (nSPS) is 15.7. The van der Waals surface area contributed by atoms with Gasteiger partial charge in [-0.2, -0.15) is 4.31 Å². The van der Waals surface area contributed by atoms with Crippen molar-refractivity contribution in [2.75, 3.05) is 44.8 Å². The molecule has 1 aromatic carbocycles. The van der Waals surface area contributed by atoms with E-state index in [0.29, 0.717) is 30.3 Å². The molecule has 0 saturated carbocycles. The quantitative estimate of drug-likeness (QED) is 0.490. The molecule has 1 saturated heterocycles. The number of esters is 1. The van der Waals surface area contributed by atoms with E-state index in [-0.39, 0.29) is 35.6 Å². The zero-order valence-electron chi connectivity index (χ0n) is 14.4. The van der Waals surface area contributed by atoms with E-state index < -0.39 is 10.0 Å². The average molecular weight is 421 g/mol. The van der Waals surface area contributed by atoms with Gasteiger partial charge in [0.05, 0.1) is 17.8 Å². The number of nitrogens with zero attached hydrogens (tertiary/aromatic N) is 2. The van der Waals surface area contributed by atoms with Gasteiger partial charge in [-0.25, -0.2) is 8.42 Å².